The third kappa shape index (κ3) is 3.44. The van der Waals surface area contributed by atoms with Crippen LogP contribution in [0.5, 0.6) is 0 Å². The SMILES string of the molecule is O=C(c1c(Nc2cc(F)cc(F)c2)[nH]c2c(Cl)ccc([N+](=O)[O-])c2c1=O)C1CC1. The first kappa shape index (κ1) is 19.0. The average molecular weight is 420 g/mol. The topological polar surface area (TPSA) is 105 Å². The van der Waals surface area contributed by atoms with Crippen molar-refractivity contribution in [3.8, 4) is 0 Å². The van der Waals surface area contributed by atoms with Gasteiger partial charge in [0.05, 0.1) is 15.5 Å². The fourth-order valence-corrected chi connectivity index (χ4v) is 3.35. The Labute approximate surface area is 166 Å². The summed E-state index contributed by atoms with van der Waals surface area (Å²) in [5, 5.41) is 13.7. The molecule has 1 aromatic heterocycles. The number of carbonyl (C=O) groups excluding carboxylic acids is 1. The van der Waals surface area contributed by atoms with E-state index in [1.165, 1.54) is 6.07 Å². The van der Waals surface area contributed by atoms with E-state index >= 15 is 0 Å². The number of pyridine rings is 1. The van der Waals surface area contributed by atoms with Gasteiger partial charge in [0.1, 0.15) is 28.4 Å². The molecule has 0 unspecified atom stereocenters. The van der Waals surface area contributed by atoms with Gasteiger partial charge in [-0.2, -0.15) is 0 Å². The van der Waals surface area contributed by atoms with Crippen molar-refractivity contribution in [2.24, 2.45) is 5.92 Å². The number of nitrogens with one attached hydrogen (secondary N) is 2. The Hall–Kier alpha value is -3.33. The van der Waals surface area contributed by atoms with Crippen LogP contribution < -0.4 is 10.7 Å². The molecule has 0 radical (unpaired) electrons. The third-order valence-corrected chi connectivity index (χ3v) is 4.92. The number of hydrogen-bond donors (Lipinski definition) is 2. The van der Waals surface area contributed by atoms with Crippen molar-refractivity contribution in [3.05, 3.63) is 72.9 Å². The third-order valence-electron chi connectivity index (χ3n) is 4.61. The Morgan fingerprint density at radius 3 is 2.45 bits per heavy atom. The minimum absolute atomic E-state index is 0.0154. The van der Waals surface area contributed by atoms with Gasteiger partial charge in [-0.05, 0) is 31.0 Å². The molecule has 1 aliphatic rings. The summed E-state index contributed by atoms with van der Waals surface area (Å²) in [7, 11) is 0. The number of nitro benzene ring substituents is 1. The van der Waals surface area contributed by atoms with E-state index in [4.69, 9.17) is 11.6 Å². The van der Waals surface area contributed by atoms with Crippen LogP contribution in [-0.2, 0) is 0 Å². The minimum atomic E-state index is -0.871. The van der Waals surface area contributed by atoms with Crippen LogP contribution in [0.15, 0.2) is 35.1 Å². The Kier molecular flexibility index (Phi) is 4.54. The quantitative estimate of drug-likeness (QED) is 0.354. The molecule has 0 spiro atoms. The molecule has 148 valence electrons. The average Bonchev–Trinajstić information content (AvgIpc) is 3.46. The molecule has 7 nitrogen and oxygen atoms in total. The largest absolute Gasteiger partial charge is 0.341 e. The lowest BCUT2D eigenvalue weighted by Gasteiger charge is -2.14. The van der Waals surface area contributed by atoms with Gasteiger partial charge in [0.2, 0.25) is 5.43 Å². The number of benzene rings is 2. The van der Waals surface area contributed by atoms with Crippen molar-refractivity contribution in [1.82, 2.24) is 4.98 Å². The molecule has 0 aliphatic heterocycles. The van der Waals surface area contributed by atoms with E-state index in [9.17, 15) is 28.5 Å². The monoisotopic (exact) mass is 419 g/mol. The van der Waals surface area contributed by atoms with Crippen LogP contribution in [0, 0.1) is 27.7 Å². The number of aromatic amines is 1. The Morgan fingerprint density at radius 1 is 1.21 bits per heavy atom. The highest BCUT2D eigenvalue weighted by atomic mass is 35.5. The van der Waals surface area contributed by atoms with E-state index in [2.05, 4.69) is 10.3 Å². The molecule has 0 atom stereocenters. The lowest BCUT2D eigenvalue weighted by atomic mass is 10.0. The number of carbonyl (C=O) groups is 1. The van der Waals surface area contributed by atoms with Gasteiger partial charge in [0.25, 0.3) is 5.69 Å². The second-order valence-electron chi connectivity index (χ2n) is 6.70. The first-order valence-electron chi connectivity index (χ1n) is 8.56. The Balaban J connectivity index is 2.00. The maximum Gasteiger partial charge on any atom is 0.282 e. The van der Waals surface area contributed by atoms with Crippen LogP contribution >= 0.6 is 11.6 Å². The maximum absolute atomic E-state index is 13.6. The number of anilines is 2. The van der Waals surface area contributed by atoms with Crippen LogP contribution in [0.2, 0.25) is 5.02 Å². The normalized spacial score (nSPS) is 13.5. The van der Waals surface area contributed by atoms with Gasteiger partial charge >= 0.3 is 0 Å². The first-order chi connectivity index (χ1) is 13.8. The Morgan fingerprint density at radius 2 is 1.86 bits per heavy atom. The summed E-state index contributed by atoms with van der Waals surface area (Å²) >= 11 is 6.11. The second-order valence-corrected chi connectivity index (χ2v) is 7.11. The number of nitrogens with zero attached hydrogens (tertiary/aromatic N) is 1. The van der Waals surface area contributed by atoms with Gasteiger partial charge in [-0.1, -0.05) is 11.6 Å². The molecule has 10 heteroatoms. The molecule has 4 rings (SSSR count). The highest BCUT2D eigenvalue weighted by molar-refractivity contribution is 6.35. The van der Waals surface area contributed by atoms with Gasteiger partial charge in [-0.25, -0.2) is 8.78 Å². The number of halogens is 3. The molecule has 1 fully saturated rings. The van der Waals surface area contributed by atoms with Crippen molar-refractivity contribution in [2.75, 3.05) is 5.32 Å². The van der Waals surface area contributed by atoms with Crippen molar-refractivity contribution in [3.63, 3.8) is 0 Å². The summed E-state index contributed by atoms with van der Waals surface area (Å²) in [6.45, 7) is 0. The minimum Gasteiger partial charge on any atom is -0.341 e. The smallest absolute Gasteiger partial charge is 0.282 e. The van der Waals surface area contributed by atoms with Crippen molar-refractivity contribution in [2.45, 2.75) is 12.8 Å². The predicted octanol–water partition coefficient (Wildman–Crippen LogP) is 4.70. The Bertz CT molecular complexity index is 1230. The molecule has 0 amide bonds. The number of hydrogen-bond acceptors (Lipinski definition) is 5. The number of non-ortho nitro benzene ring substituents is 1. The standard InChI is InChI=1S/C19H12ClF2N3O4/c20-12-3-4-13(25(28)29)14-16(12)24-19(15(18(14)27)17(26)8-1-2-8)23-11-6-9(21)5-10(22)7-11/h3-8H,1-2H2,(H2,23,24,27). The van der Waals surface area contributed by atoms with E-state index in [1.807, 2.05) is 0 Å². The van der Waals surface area contributed by atoms with Gasteiger partial charge in [-0.15, -0.1) is 0 Å². The van der Waals surface area contributed by atoms with E-state index in [0.717, 1.165) is 18.2 Å². The van der Waals surface area contributed by atoms with Crippen molar-refractivity contribution in [1.29, 1.82) is 0 Å². The molecular formula is C19H12ClF2N3O4. The zero-order chi connectivity index (χ0) is 20.9. The fourth-order valence-electron chi connectivity index (χ4n) is 3.15. The van der Waals surface area contributed by atoms with Crippen molar-refractivity contribution >= 4 is 45.5 Å². The van der Waals surface area contributed by atoms with Crippen LogP contribution in [0.1, 0.15) is 23.2 Å². The van der Waals surface area contributed by atoms with Gasteiger partial charge < -0.3 is 10.3 Å². The number of ketones is 1. The van der Waals surface area contributed by atoms with Crippen LogP contribution in [0.25, 0.3) is 10.9 Å². The number of H-pyrrole nitrogens is 1. The zero-order valence-corrected chi connectivity index (χ0v) is 15.3. The number of fused-ring (bicyclic) bond motifs is 1. The van der Waals surface area contributed by atoms with Gasteiger partial charge in [-0.3, -0.25) is 19.7 Å². The van der Waals surface area contributed by atoms with E-state index in [0.29, 0.717) is 18.9 Å². The molecule has 29 heavy (non-hydrogen) atoms. The summed E-state index contributed by atoms with van der Waals surface area (Å²) in [5.41, 5.74) is -1.82. The predicted molar refractivity (Wildman–Crippen MR) is 103 cm³/mol. The van der Waals surface area contributed by atoms with Crippen molar-refractivity contribution < 1.29 is 18.5 Å². The molecular weight excluding hydrogens is 408 g/mol. The maximum atomic E-state index is 13.6. The van der Waals surface area contributed by atoms with Crippen LogP contribution in [0.3, 0.4) is 0 Å². The summed E-state index contributed by atoms with van der Waals surface area (Å²) < 4.78 is 27.1. The molecule has 3 aromatic rings. The molecule has 2 N–H and O–H groups in total. The summed E-state index contributed by atoms with van der Waals surface area (Å²) in [6, 6.07) is 4.95. The first-order valence-corrected chi connectivity index (χ1v) is 8.94. The number of Topliss-reactive ketones (excluding diaryl/α,β-unsaturated/α-hetero) is 1. The molecule has 1 aliphatic carbocycles. The second kappa shape index (κ2) is 6.93. The molecule has 1 saturated carbocycles. The van der Waals surface area contributed by atoms with Crippen LogP contribution in [0.4, 0.5) is 26.0 Å². The lowest BCUT2D eigenvalue weighted by Crippen LogP contribution is -2.21. The lowest BCUT2D eigenvalue weighted by molar-refractivity contribution is -0.383. The summed E-state index contributed by atoms with van der Waals surface area (Å²) in [4.78, 5) is 39.3. The fraction of sp³-hybridized carbons (Fsp3) is 0.158. The number of nitro groups is 1. The van der Waals surface area contributed by atoms with E-state index in [-0.39, 0.29) is 38.9 Å². The molecule has 0 bridgehead atoms. The number of aromatic nitrogens is 1. The van der Waals surface area contributed by atoms with Gasteiger partial charge in [0, 0.05) is 23.7 Å². The summed E-state index contributed by atoms with van der Waals surface area (Å²) in [5.74, 6) is -2.73. The molecule has 2 aromatic carbocycles. The van der Waals surface area contributed by atoms with E-state index < -0.39 is 33.5 Å². The highest BCUT2D eigenvalue weighted by Crippen LogP contribution is 2.36. The highest BCUT2D eigenvalue weighted by Gasteiger charge is 2.35. The van der Waals surface area contributed by atoms with Gasteiger partial charge in [0.15, 0.2) is 5.78 Å². The summed E-state index contributed by atoms with van der Waals surface area (Å²) in [6.07, 6.45) is 1.17. The zero-order valence-electron chi connectivity index (χ0n) is 14.6. The number of rotatable bonds is 5. The van der Waals surface area contributed by atoms with E-state index in [1.54, 1.807) is 0 Å². The molecule has 0 saturated heterocycles. The molecule has 1 heterocycles. The van der Waals surface area contributed by atoms with Crippen LogP contribution in [-0.4, -0.2) is 15.7 Å².